The summed E-state index contributed by atoms with van der Waals surface area (Å²) in [6.45, 7) is 0. The third-order valence-electron chi connectivity index (χ3n) is 4.05. The molecule has 1 fully saturated rings. The highest BCUT2D eigenvalue weighted by Crippen LogP contribution is 2.31. The molecule has 1 saturated carbocycles. The van der Waals surface area contributed by atoms with Crippen LogP contribution in [0, 0.1) is 0 Å². The van der Waals surface area contributed by atoms with E-state index in [1.165, 1.54) is 6.20 Å². The van der Waals surface area contributed by atoms with Gasteiger partial charge in [-0.2, -0.15) is 0 Å². The third kappa shape index (κ3) is 3.64. The molecule has 2 aromatic carbocycles. The van der Waals surface area contributed by atoms with Crippen LogP contribution in [-0.4, -0.2) is 22.0 Å². The number of amides is 1. The number of nitrogen functional groups attached to an aromatic ring is 1. The molecule has 1 aliphatic carbocycles. The Morgan fingerprint density at radius 1 is 1.08 bits per heavy atom. The first-order valence-electron chi connectivity index (χ1n) is 8.44. The number of ether oxygens (including phenoxy) is 1. The minimum atomic E-state index is -0.295. The van der Waals surface area contributed by atoms with Crippen molar-refractivity contribution in [3.05, 3.63) is 66.5 Å². The molecule has 1 amide bonds. The van der Waals surface area contributed by atoms with Crippen molar-refractivity contribution in [1.82, 2.24) is 9.97 Å². The van der Waals surface area contributed by atoms with Gasteiger partial charge in [-0.15, -0.1) is 0 Å². The highest BCUT2D eigenvalue weighted by molar-refractivity contribution is 6.04. The molecule has 0 aliphatic heterocycles. The van der Waals surface area contributed by atoms with E-state index in [2.05, 4.69) is 15.3 Å². The lowest BCUT2D eigenvalue weighted by atomic mass is 10.1. The van der Waals surface area contributed by atoms with Gasteiger partial charge in [0.2, 0.25) is 0 Å². The number of aromatic nitrogens is 2. The molecule has 0 saturated heterocycles. The number of anilines is 2. The van der Waals surface area contributed by atoms with Crippen LogP contribution in [0.25, 0.3) is 11.3 Å². The van der Waals surface area contributed by atoms with Crippen molar-refractivity contribution in [3.63, 3.8) is 0 Å². The van der Waals surface area contributed by atoms with Crippen molar-refractivity contribution in [3.8, 4) is 17.0 Å². The monoisotopic (exact) mass is 346 g/mol. The van der Waals surface area contributed by atoms with E-state index in [1.54, 1.807) is 24.4 Å². The van der Waals surface area contributed by atoms with Gasteiger partial charge in [0.15, 0.2) is 5.82 Å². The number of hydrogen-bond donors (Lipinski definition) is 2. The Morgan fingerprint density at radius 2 is 1.88 bits per heavy atom. The first-order valence-corrected chi connectivity index (χ1v) is 8.44. The molecule has 0 unspecified atom stereocenters. The Balaban J connectivity index is 1.45. The van der Waals surface area contributed by atoms with E-state index < -0.39 is 0 Å². The summed E-state index contributed by atoms with van der Waals surface area (Å²) < 4.78 is 5.69. The Labute approximate surface area is 151 Å². The summed E-state index contributed by atoms with van der Waals surface area (Å²) in [6.07, 6.45) is 5.54. The predicted octanol–water partition coefficient (Wildman–Crippen LogP) is 3.52. The number of nitrogens with two attached hydrogens (primary N) is 1. The van der Waals surface area contributed by atoms with Crippen molar-refractivity contribution in [2.45, 2.75) is 18.9 Å². The van der Waals surface area contributed by atoms with Gasteiger partial charge in [0.25, 0.3) is 5.91 Å². The van der Waals surface area contributed by atoms with E-state index >= 15 is 0 Å². The first-order chi connectivity index (χ1) is 12.7. The number of nitrogens with one attached hydrogen (secondary N) is 1. The number of benzene rings is 2. The summed E-state index contributed by atoms with van der Waals surface area (Å²) in [4.78, 5) is 21.0. The lowest BCUT2D eigenvalue weighted by Gasteiger charge is -2.10. The lowest BCUT2D eigenvalue weighted by molar-refractivity contribution is 0.102. The molecule has 6 nitrogen and oxygen atoms in total. The average Bonchev–Trinajstić information content (AvgIpc) is 3.49. The van der Waals surface area contributed by atoms with Crippen LogP contribution in [0.1, 0.15) is 23.2 Å². The first kappa shape index (κ1) is 16.1. The SMILES string of the molecule is Nc1cc(C(=O)Nc2cnc(-c3ccccc3)cn2)ccc1OC1CC1. The Morgan fingerprint density at radius 3 is 2.54 bits per heavy atom. The largest absolute Gasteiger partial charge is 0.488 e. The fourth-order valence-electron chi connectivity index (χ4n) is 2.50. The molecule has 0 atom stereocenters. The summed E-state index contributed by atoms with van der Waals surface area (Å²) in [5.74, 6) is 0.707. The molecule has 3 N–H and O–H groups in total. The highest BCUT2D eigenvalue weighted by atomic mass is 16.5. The molecule has 3 aromatic rings. The molecule has 0 spiro atoms. The zero-order valence-corrected chi connectivity index (χ0v) is 14.1. The molecule has 4 rings (SSSR count). The molecule has 26 heavy (non-hydrogen) atoms. The van der Waals surface area contributed by atoms with Gasteiger partial charge in [-0.25, -0.2) is 4.98 Å². The second-order valence-corrected chi connectivity index (χ2v) is 6.18. The maximum absolute atomic E-state index is 12.4. The maximum Gasteiger partial charge on any atom is 0.256 e. The summed E-state index contributed by atoms with van der Waals surface area (Å²) in [7, 11) is 0. The Bertz CT molecular complexity index is 922. The molecular weight excluding hydrogens is 328 g/mol. The highest BCUT2D eigenvalue weighted by Gasteiger charge is 2.24. The standard InChI is InChI=1S/C20H18N4O2/c21-16-10-14(6-9-18(16)26-15-7-8-15)20(25)24-19-12-22-17(11-23-19)13-4-2-1-3-5-13/h1-6,9-12,15H,7-8,21H2,(H,23,24,25). The summed E-state index contributed by atoms with van der Waals surface area (Å²) >= 11 is 0. The van der Waals surface area contributed by atoms with Gasteiger partial charge in [-0.05, 0) is 31.0 Å². The van der Waals surface area contributed by atoms with E-state index in [1.807, 2.05) is 30.3 Å². The van der Waals surface area contributed by atoms with E-state index in [4.69, 9.17) is 10.5 Å². The third-order valence-corrected chi connectivity index (χ3v) is 4.05. The molecule has 0 bridgehead atoms. The van der Waals surface area contributed by atoms with Gasteiger partial charge in [0.1, 0.15) is 5.75 Å². The van der Waals surface area contributed by atoms with Crippen LogP contribution in [-0.2, 0) is 0 Å². The molecule has 1 aromatic heterocycles. The number of nitrogens with zero attached hydrogens (tertiary/aromatic N) is 2. The topological polar surface area (TPSA) is 90.1 Å². The number of carbonyl (C=O) groups is 1. The predicted molar refractivity (Wildman–Crippen MR) is 99.9 cm³/mol. The quantitative estimate of drug-likeness (QED) is 0.690. The zero-order chi connectivity index (χ0) is 17.9. The van der Waals surface area contributed by atoms with Crippen molar-refractivity contribution in [2.75, 3.05) is 11.1 Å². The van der Waals surface area contributed by atoms with Gasteiger partial charge >= 0.3 is 0 Å². The minimum Gasteiger partial charge on any atom is -0.488 e. The van der Waals surface area contributed by atoms with Crippen LogP contribution < -0.4 is 15.8 Å². The van der Waals surface area contributed by atoms with E-state index in [9.17, 15) is 4.79 Å². The zero-order valence-electron chi connectivity index (χ0n) is 14.1. The molecule has 130 valence electrons. The molecule has 6 heteroatoms. The van der Waals surface area contributed by atoms with Crippen LogP contribution in [0.5, 0.6) is 5.75 Å². The van der Waals surface area contributed by atoms with Gasteiger partial charge in [-0.3, -0.25) is 9.78 Å². The van der Waals surface area contributed by atoms with Crippen LogP contribution in [0.2, 0.25) is 0 Å². The molecular formula is C20H18N4O2. The molecule has 1 aliphatic rings. The lowest BCUT2D eigenvalue weighted by Crippen LogP contribution is -2.14. The number of hydrogen-bond acceptors (Lipinski definition) is 5. The van der Waals surface area contributed by atoms with E-state index in [0.717, 1.165) is 24.1 Å². The normalized spacial score (nSPS) is 13.2. The van der Waals surface area contributed by atoms with Crippen molar-refractivity contribution in [2.24, 2.45) is 0 Å². The van der Waals surface area contributed by atoms with Crippen molar-refractivity contribution in [1.29, 1.82) is 0 Å². The fraction of sp³-hybridized carbons (Fsp3) is 0.150. The van der Waals surface area contributed by atoms with Gasteiger partial charge in [0.05, 0.1) is 29.9 Å². The van der Waals surface area contributed by atoms with Crippen molar-refractivity contribution >= 4 is 17.4 Å². The number of carbonyl (C=O) groups excluding carboxylic acids is 1. The fourth-order valence-corrected chi connectivity index (χ4v) is 2.50. The molecule has 1 heterocycles. The minimum absolute atomic E-state index is 0.260. The van der Waals surface area contributed by atoms with E-state index in [0.29, 0.717) is 22.8 Å². The average molecular weight is 346 g/mol. The summed E-state index contributed by atoms with van der Waals surface area (Å²) in [5.41, 5.74) is 8.59. The van der Waals surface area contributed by atoms with Crippen LogP contribution in [0.3, 0.4) is 0 Å². The van der Waals surface area contributed by atoms with E-state index in [-0.39, 0.29) is 12.0 Å². The Kier molecular flexibility index (Phi) is 4.23. The summed E-state index contributed by atoms with van der Waals surface area (Å²) in [6, 6.07) is 14.8. The smallest absolute Gasteiger partial charge is 0.256 e. The second kappa shape index (κ2) is 6.84. The van der Waals surface area contributed by atoms with Crippen LogP contribution >= 0.6 is 0 Å². The van der Waals surface area contributed by atoms with Gasteiger partial charge < -0.3 is 15.8 Å². The Hall–Kier alpha value is -3.41. The summed E-state index contributed by atoms with van der Waals surface area (Å²) in [5, 5.41) is 2.73. The van der Waals surface area contributed by atoms with Gasteiger partial charge in [0, 0.05) is 11.1 Å². The number of rotatable bonds is 5. The van der Waals surface area contributed by atoms with Gasteiger partial charge in [-0.1, -0.05) is 30.3 Å². The second-order valence-electron chi connectivity index (χ2n) is 6.18. The maximum atomic E-state index is 12.4. The van der Waals surface area contributed by atoms with Crippen LogP contribution in [0.15, 0.2) is 60.9 Å². The van der Waals surface area contributed by atoms with Crippen LogP contribution in [0.4, 0.5) is 11.5 Å². The van der Waals surface area contributed by atoms with Crippen molar-refractivity contribution < 1.29 is 9.53 Å². The molecule has 0 radical (unpaired) electrons.